The zero-order valence-electron chi connectivity index (χ0n) is 10.3. The standard InChI is InChI=1S/C15H17N3/c16-13-8-9-15(17-11-13)18-10-4-7-14(18)12-5-2-1-3-6-12/h1-3,5-6,8-9,11,14H,4,7,10,16H2. The van der Waals surface area contributed by atoms with Crippen LogP contribution >= 0.6 is 0 Å². The Labute approximate surface area is 107 Å². The van der Waals surface area contributed by atoms with Gasteiger partial charge in [-0.25, -0.2) is 4.98 Å². The molecule has 92 valence electrons. The van der Waals surface area contributed by atoms with Crippen molar-refractivity contribution < 1.29 is 0 Å². The van der Waals surface area contributed by atoms with Crippen molar-refractivity contribution in [3.8, 4) is 0 Å². The minimum Gasteiger partial charge on any atom is -0.397 e. The van der Waals surface area contributed by atoms with Gasteiger partial charge in [-0.05, 0) is 30.5 Å². The maximum Gasteiger partial charge on any atom is 0.129 e. The highest BCUT2D eigenvalue weighted by molar-refractivity contribution is 5.48. The molecule has 3 nitrogen and oxygen atoms in total. The lowest BCUT2D eigenvalue weighted by Gasteiger charge is -2.26. The molecule has 0 spiro atoms. The van der Waals surface area contributed by atoms with E-state index in [0.29, 0.717) is 11.7 Å². The van der Waals surface area contributed by atoms with Crippen LogP contribution in [0, 0.1) is 0 Å². The molecule has 1 aromatic heterocycles. The molecule has 0 aliphatic carbocycles. The molecule has 1 atom stereocenters. The first-order chi connectivity index (χ1) is 8.84. The summed E-state index contributed by atoms with van der Waals surface area (Å²) < 4.78 is 0. The van der Waals surface area contributed by atoms with Gasteiger partial charge in [-0.2, -0.15) is 0 Å². The summed E-state index contributed by atoms with van der Waals surface area (Å²) in [4.78, 5) is 6.81. The quantitative estimate of drug-likeness (QED) is 0.876. The van der Waals surface area contributed by atoms with Gasteiger partial charge in [0.25, 0.3) is 0 Å². The first kappa shape index (κ1) is 11.1. The van der Waals surface area contributed by atoms with Crippen molar-refractivity contribution in [2.45, 2.75) is 18.9 Å². The van der Waals surface area contributed by atoms with E-state index in [2.05, 4.69) is 40.2 Å². The molecule has 18 heavy (non-hydrogen) atoms. The molecule has 2 N–H and O–H groups in total. The average molecular weight is 239 g/mol. The van der Waals surface area contributed by atoms with Crippen molar-refractivity contribution in [3.05, 3.63) is 54.2 Å². The minimum absolute atomic E-state index is 0.447. The Hall–Kier alpha value is -2.03. The number of aromatic nitrogens is 1. The van der Waals surface area contributed by atoms with E-state index in [1.54, 1.807) is 6.20 Å². The molecular weight excluding hydrogens is 222 g/mol. The summed E-state index contributed by atoms with van der Waals surface area (Å²) in [6.07, 6.45) is 4.14. The maximum absolute atomic E-state index is 5.69. The highest BCUT2D eigenvalue weighted by Gasteiger charge is 2.26. The normalized spacial score (nSPS) is 19.1. The highest BCUT2D eigenvalue weighted by Crippen LogP contribution is 2.34. The number of hydrogen-bond acceptors (Lipinski definition) is 3. The molecule has 1 aliphatic heterocycles. The van der Waals surface area contributed by atoms with Crippen LogP contribution in [0.5, 0.6) is 0 Å². The fourth-order valence-corrected chi connectivity index (χ4v) is 2.63. The second-order valence-electron chi connectivity index (χ2n) is 4.71. The summed E-state index contributed by atoms with van der Waals surface area (Å²) in [6, 6.07) is 15.0. The summed E-state index contributed by atoms with van der Waals surface area (Å²) >= 11 is 0. The average Bonchev–Trinajstić information content (AvgIpc) is 2.90. The van der Waals surface area contributed by atoms with Crippen LogP contribution in [0.15, 0.2) is 48.7 Å². The lowest BCUT2D eigenvalue weighted by atomic mass is 10.0. The topological polar surface area (TPSA) is 42.1 Å². The Bertz CT molecular complexity index is 507. The number of nitrogens with two attached hydrogens (primary N) is 1. The smallest absolute Gasteiger partial charge is 0.129 e. The molecule has 1 aliphatic rings. The van der Waals surface area contributed by atoms with Crippen LogP contribution < -0.4 is 10.6 Å². The summed E-state index contributed by atoms with van der Waals surface area (Å²) in [5.74, 6) is 1.02. The van der Waals surface area contributed by atoms with Crippen LogP contribution in [0.25, 0.3) is 0 Å². The largest absolute Gasteiger partial charge is 0.397 e. The predicted octanol–water partition coefficient (Wildman–Crippen LogP) is 3.01. The Morgan fingerprint density at radius 2 is 1.94 bits per heavy atom. The van der Waals surface area contributed by atoms with Gasteiger partial charge in [-0.3, -0.25) is 0 Å². The van der Waals surface area contributed by atoms with E-state index in [0.717, 1.165) is 12.4 Å². The molecule has 2 heterocycles. The third kappa shape index (κ3) is 2.04. The molecule has 0 bridgehead atoms. The van der Waals surface area contributed by atoms with Gasteiger partial charge in [0.2, 0.25) is 0 Å². The van der Waals surface area contributed by atoms with E-state index >= 15 is 0 Å². The monoisotopic (exact) mass is 239 g/mol. The highest BCUT2D eigenvalue weighted by atomic mass is 15.2. The Morgan fingerprint density at radius 3 is 2.67 bits per heavy atom. The second kappa shape index (κ2) is 4.69. The minimum atomic E-state index is 0.447. The molecular formula is C15H17N3. The molecule has 1 fully saturated rings. The van der Waals surface area contributed by atoms with Gasteiger partial charge < -0.3 is 10.6 Å². The maximum atomic E-state index is 5.69. The van der Waals surface area contributed by atoms with E-state index in [1.807, 2.05) is 12.1 Å². The summed E-state index contributed by atoms with van der Waals surface area (Å²) in [7, 11) is 0. The van der Waals surface area contributed by atoms with Crippen LogP contribution in [-0.4, -0.2) is 11.5 Å². The number of benzene rings is 1. The van der Waals surface area contributed by atoms with Gasteiger partial charge in [0.1, 0.15) is 5.82 Å². The molecule has 2 aromatic rings. The van der Waals surface area contributed by atoms with Crippen LogP contribution in [0.4, 0.5) is 11.5 Å². The van der Waals surface area contributed by atoms with Gasteiger partial charge in [0, 0.05) is 6.54 Å². The van der Waals surface area contributed by atoms with Gasteiger partial charge in [-0.15, -0.1) is 0 Å². The van der Waals surface area contributed by atoms with Crippen LogP contribution in [0.2, 0.25) is 0 Å². The SMILES string of the molecule is Nc1ccc(N2CCCC2c2ccccc2)nc1. The van der Waals surface area contributed by atoms with Crippen molar-refractivity contribution in [1.82, 2.24) is 4.98 Å². The fourth-order valence-electron chi connectivity index (χ4n) is 2.63. The van der Waals surface area contributed by atoms with Crippen molar-refractivity contribution in [2.24, 2.45) is 0 Å². The zero-order valence-corrected chi connectivity index (χ0v) is 10.3. The van der Waals surface area contributed by atoms with Gasteiger partial charge in [0.05, 0.1) is 17.9 Å². The number of anilines is 2. The van der Waals surface area contributed by atoms with E-state index in [-0.39, 0.29) is 0 Å². The molecule has 1 saturated heterocycles. The van der Waals surface area contributed by atoms with E-state index in [9.17, 15) is 0 Å². The molecule has 0 saturated carbocycles. The molecule has 3 heteroatoms. The summed E-state index contributed by atoms with van der Waals surface area (Å²) in [5, 5.41) is 0. The third-order valence-corrected chi connectivity index (χ3v) is 3.50. The van der Waals surface area contributed by atoms with Gasteiger partial charge in [0.15, 0.2) is 0 Å². The van der Waals surface area contributed by atoms with E-state index in [1.165, 1.54) is 18.4 Å². The number of rotatable bonds is 2. The Kier molecular flexibility index (Phi) is 2.89. The third-order valence-electron chi connectivity index (χ3n) is 3.50. The summed E-state index contributed by atoms with van der Waals surface area (Å²) in [6.45, 7) is 1.07. The van der Waals surface area contributed by atoms with Crippen LogP contribution in [-0.2, 0) is 0 Å². The van der Waals surface area contributed by atoms with Crippen molar-refractivity contribution in [3.63, 3.8) is 0 Å². The number of hydrogen-bond donors (Lipinski definition) is 1. The van der Waals surface area contributed by atoms with Crippen LogP contribution in [0.1, 0.15) is 24.4 Å². The van der Waals surface area contributed by atoms with Crippen LogP contribution in [0.3, 0.4) is 0 Å². The fraction of sp³-hybridized carbons (Fsp3) is 0.267. The first-order valence-electron chi connectivity index (χ1n) is 6.38. The predicted molar refractivity (Wildman–Crippen MR) is 74.4 cm³/mol. The molecule has 1 unspecified atom stereocenters. The van der Waals surface area contributed by atoms with Crippen molar-refractivity contribution in [1.29, 1.82) is 0 Å². The number of nitrogen functional groups attached to an aromatic ring is 1. The first-order valence-corrected chi connectivity index (χ1v) is 6.38. The lowest BCUT2D eigenvalue weighted by molar-refractivity contribution is 0.712. The second-order valence-corrected chi connectivity index (χ2v) is 4.71. The van der Waals surface area contributed by atoms with Gasteiger partial charge >= 0.3 is 0 Å². The summed E-state index contributed by atoms with van der Waals surface area (Å²) in [5.41, 5.74) is 7.78. The number of pyridine rings is 1. The van der Waals surface area contributed by atoms with Gasteiger partial charge in [-0.1, -0.05) is 30.3 Å². The molecule has 0 radical (unpaired) electrons. The number of nitrogens with zero attached hydrogens (tertiary/aromatic N) is 2. The van der Waals surface area contributed by atoms with E-state index in [4.69, 9.17) is 5.73 Å². The van der Waals surface area contributed by atoms with Crippen molar-refractivity contribution >= 4 is 11.5 Å². The Morgan fingerprint density at radius 1 is 1.11 bits per heavy atom. The molecule has 1 aromatic carbocycles. The Balaban J connectivity index is 1.90. The molecule has 3 rings (SSSR count). The van der Waals surface area contributed by atoms with E-state index < -0.39 is 0 Å². The molecule has 0 amide bonds. The van der Waals surface area contributed by atoms with Crippen molar-refractivity contribution in [2.75, 3.05) is 17.2 Å². The lowest BCUT2D eigenvalue weighted by Crippen LogP contribution is -2.23. The zero-order chi connectivity index (χ0) is 12.4.